The fourth-order valence-electron chi connectivity index (χ4n) is 2.68. The lowest BCUT2D eigenvalue weighted by atomic mass is 10.1. The summed E-state index contributed by atoms with van der Waals surface area (Å²) in [6.45, 7) is 7.96. The molecule has 0 amide bonds. The largest absolute Gasteiger partial charge is 0.677 e. The Balaban J connectivity index is 2.00. The predicted octanol–water partition coefficient (Wildman–Crippen LogP) is 1.82. The van der Waals surface area contributed by atoms with Crippen LogP contribution < -0.4 is 4.90 Å². The summed E-state index contributed by atoms with van der Waals surface area (Å²) in [5.74, 6) is 0.830. The lowest BCUT2D eigenvalue weighted by Crippen LogP contribution is -2.57. The van der Waals surface area contributed by atoms with E-state index in [9.17, 15) is 0 Å². The Hall–Kier alpha value is -1.20. The zero-order valence-corrected chi connectivity index (χ0v) is 11.2. The first kappa shape index (κ1) is 13.2. The van der Waals surface area contributed by atoms with Gasteiger partial charge in [-0.2, -0.15) is 0 Å². The summed E-state index contributed by atoms with van der Waals surface area (Å²) in [7, 11) is 0. The van der Waals surface area contributed by atoms with Crippen molar-refractivity contribution in [1.29, 1.82) is 0 Å². The Morgan fingerprint density at radius 2 is 1.83 bits per heavy atom. The van der Waals surface area contributed by atoms with Gasteiger partial charge in [0, 0.05) is 37.6 Å². The van der Waals surface area contributed by atoms with Crippen molar-refractivity contribution in [2.24, 2.45) is 0 Å². The number of hydrogen-bond acceptors (Lipinski definition) is 4. The molecular weight excluding hydrogens is 226 g/mol. The van der Waals surface area contributed by atoms with E-state index in [1.807, 2.05) is 6.07 Å². The maximum absolute atomic E-state index is 7.27. The molecule has 5 heteroatoms. The molecule has 1 N–H and O–H groups in total. The highest BCUT2D eigenvalue weighted by atomic mass is 15.3. The van der Waals surface area contributed by atoms with Crippen LogP contribution >= 0.6 is 0 Å². The highest BCUT2D eigenvalue weighted by molar-refractivity contribution is 5.30. The number of nitrogens with one attached hydrogen (secondary N) is 1. The molecule has 0 radical (unpaired) electrons. The molecule has 0 saturated carbocycles. The Morgan fingerprint density at radius 3 is 2.39 bits per heavy atom. The van der Waals surface area contributed by atoms with Crippen LogP contribution in [0.2, 0.25) is 0 Å². The van der Waals surface area contributed by atoms with Gasteiger partial charge in [-0.1, -0.05) is 6.42 Å². The molecule has 1 aliphatic heterocycles. The second kappa shape index (κ2) is 6.11. The van der Waals surface area contributed by atoms with Crippen molar-refractivity contribution in [1.82, 2.24) is 14.9 Å². The summed E-state index contributed by atoms with van der Waals surface area (Å²) in [6.07, 6.45) is 4.55. The maximum Gasteiger partial charge on any atom is 0.225 e. The summed E-state index contributed by atoms with van der Waals surface area (Å²) in [6, 6.07) is 2.83. The molecule has 1 aromatic heterocycles. The van der Waals surface area contributed by atoms with Crippen molar-refractivity contribution in [3.05, 3.63) is 24.2 Å². The Labute approximate surface area is 109 Å². The number of aromatic nitrogens is 2. The van der Waals surface area contributed by atoms with E-state index in [4.69, 9.17) is 5.73 Å². The van der Waals surface area contributed by atoms with Crippen molar-refractivity contribution >= 4 is 5.95 Å². The van der Waals surface area contributed by atoms with E-state index in [1.54, 1.807) is 12.4 Å². The molecule has 2 unspecified atom stereocenters. The van der Waals surface area contributed by atoms with Gasteiger partial charge in [0.2, 0.25) is 5.95 Å². The Bertz CT molecular complexity index is 344. The smallest absolute Gasteiger partial charge is 0.225 e. The zero-order chi connectivity index (χ0) is 13.0. The number of piperazine rings is 1. The van der Waals surface area contributed by atoms with Gasteiger partial charge in [0.05, 0.1) is 0 Å². The molecule has 1 aliphatic rings. The van der Waals surface area contributed by atoms with Crippen molar-refractivity contribution in [3.8, 4) is 0 Å². The topological polar surface area (TPSA) is 56.1 Å². The molecule has 1 fully saturated rings. The van der Waals surface area contributed by atoms with Crippen LogP contribution in [0.1, 0.15) is 20.3 Å². The van der Waals surface area contributed by atoms with Gasteiger partial charge in [0.15, 0.2) is 0 Å². The minimum atomic E-state index is 0.490. The van der Waals surface area contributed by atoms with E-state index in [-0.39, 0.29) is 0 Å². The maximum atomic E-state index is 7.27. The average Bonchev–Trinajstić information content (AvgIpc) is 2.39. The summed E-state index contributed by atoms with van der Waals surface area (Å²) in [5, 5.41) is 0. The third-order valence-electron chi connectivity index (χ3n) is 3.53. The average molecular weight is 248 g/mol. The summed E-state index contributed by atoms with van der Waals surface area (Å²) >= 11 is 0. The summed E-state index contributed by atoms with van der Waals surface area (Å²) in [5.41, 5.74) is 7.27. The highest BCUT2D eigenvalue weighted by Crippen LogP contribution is 2.19. The SMILES string of the molecule is CC1CN(c2ncccn2)CC(C)N1CCC[NH-]. The van der Waals surface area contributed by atoms with Gasteiger partial charge in [-0.3, -0.25) is 4.90 Å². The van der Waals surface area contributed by atoms with Crippen molar-refractivity contribution in [2.45, 2.75) is 32.4 Å². The van der Waals surface area contributed by atoms with E-state index >= 15 is 0 Å². The Morgan fingerprint density at radius 1 is 1.22 bits per heavy atom. The van der Waals surface area contributed by atoms with Gasteiger partial charge in [-0.25, -0.2) is 9.97 Å². The molecule has 0 aliphatic carbocycles. The zero-order valence-electron chi connectivity index (χ0n) is 11.2. The van der Waals surface area contributed by atoms with E-state index in [2.05, 4.69) is 33.6 Å². The second-order valence-electron chi connectivity index (χ2n) is 4.99. The molecule has 1 saturated heterocycles. The molecule has 100 valence electrons. The van der Waals surface area contributed by atoms with Crippen molar-refractivity contribution in [3.63, 3.8) is 0 Å². The lowest BCUT2D eigenvalue weighted by molar-refractivity contribution is 0.131. The predicted molar refractivity (Wildman–Crippen MR) is 73.7 cm³/mol. The minimum absolute atomic E-state index is 0.490. The molecule has 0 bridgehead atoms. The molecule has 5 nitrogen and oxygen atoms in total. The van der Waals surface area contributed by atoms with Crippen LogP contribution in [0.15, 0.2) is 18.5 Å². The van der Waals surface area contributed by atoms with Crippen LogP contribution in [0.4, 0.5) is 5.95 Å². The van der Waals surface area contributed by atoms with E-state index in [1.165, 1.54) is 0 Å². The molecular formula is C13H22N5-. The monoisotopic (exact) mass is 248 g/mol. The number of anilines is 1. The molecule has 2 atom stereocenters. The van der Waals surface area contributed by atoms with Crippen molar-refractivity contribution < 1.29 is 0 Å². The number of nitrogens with zero attached hydrogens (tertiary/aromatic N) is 4. The standard InChI is InChI=1S/C13H22N5/c1-11-9-17(13-15-6-4-7-16-13)10-12(2)18(11)8-3-5-14/h4,6-7,11-12,14H,3,5,8-10H2,1-2H3/q-1. The summed E-state index contributed by atoms with van der Waals surface area (Å²) in [4.78, 5) is 13.4. The van der Waals surface area contributed by atoms with E-state index < -0.39 is 0 Å². The number of hydrogen-bond donors (Lipinski definition) is 0. The van der Waals surface area contributed by atoms with Crippen LogP contribution in [-0.2, 0) is 0 Å². The molecule has 18 heavy (non-hydrogen) atoms. The summed E-state index contributed by atoms with van der Waals surface area (Å²) < 4.78 is 0. The minimum Gasteiger partial charge on any atom is -0.677 e. The fraction of sp³-hybridized carbons (Fsp3) is 0.692. The van der Waals surface area contributed by atoms with Crippen LogP contribution in [0.5, 0.6) is 0 Å². The normalized spacial score (nSPS) is 25.4. The first-order valence-electron chi connectivity index (χ1n) is 6.64. The van der Waals surface area contributed by atoms with Gasteiger partial charge in [0.25, 0.3) is 0 Å². The second-order valence-corrected chi connectivity index (χ2v) is 4.99. The van der Waals surface area contributed by atoms with Gasteiger partial charge in [-0.05, 0) is 26.5 Å². The molecule has 1 aromatic rings. The lowest BCUT2D eigenvalue weighted by Gasteiger charge is -2.44. The third-order valence-corrected chi connectivity index (χ3v) is 3.53. The van der Waals surface area contributed by atoms with Crippen molar-refractivity contribution in [2.75, 3.05) is 31.1 Å². The van der Waals surface area contributed by atoms with Gasteiger partial charge in [-0.15, -0.1) is 6.54 Å². The van der Waals surface area contributed by atoms with Gasteiger partial charge in [0.1, 0.15) is 0 Å². The first-order valence-corrected chi connectivity index (χ1v) is 6.64. The first-order chi connectivity index (χ1) is 8.72. The molecule has 2 rings (SSSR count). The molecule has 0 spiro atoms. The Kier molecular flexibility index (Phi) is 4.49. The fourth-order valence-corrected chi connectivity index (χ4v) is 2.68. The molecule has 2 heterocycles. The van der Waals surface area contributed by atoms with Gasteiger partial charge >= 0.3 is 0 Å². The van der Waals surface area contributed by atoms with Crippen LogP contribution in [-0.4, -0.2) is 53.1 Å². The molecule has 0 aromatic carbocycles. The number of rotatable bonds is 4. The van der Waals surface area contributed by atoms with Crippen LogP contribution in [0, 0.1) is 0 Å². The van der Waals surface area contributed by atoms with E-state index in [0.29, 0.717) is 18.6 Å². The highest BCUT2D eigenvalue weighted by Gasteiger charge is 2.29. The van der Waals surface area contributed by atoms with Crippen LogP contribution in [0.3, 0.4) is 0 Å². The van der Waals surface area contributed by atoms with E-state index in [0.717, 1.165) is 32.0 Å². The quantitative estimate of drug-likeness (QED) is 0.815. The van der Waals surface area contributed by atoms with Crippen LogP contribution in [0.25, 0.3) is 5.73 Å². The van der Waals surface area contributed by atoms with Gasteiger partial charge < -0.3 is 10.6 Å². The third kappa shape index (κ3) is 2.97.